The average Bonchev–Trinajstić information content (AvgIpc) is 2.96. The Hall–Kier alpha value is -4.13. The molecule has 3 unspecified atom stereocenters. The Morgan fingerprint density at radius 2 is 1.36 bits per heavy atom. The molecule has 0 heterocycles. The highest BCUT2D eigenvalue weighted by molar-refractivity contribution is 6.00. The van der Waals surface area contributed by atoms with Crippen molar-refractivity contribution >= 4 is 23.6 Å². The van der Waals surface area contributed by atoms with Gasteiger partial charge in [-0.3, -0.25) is 9.59 Å². The van der Waals surface area contributed by atoms with Gasteiger partial charge in [0.15, 0.2) is 0 Å². The summed E-state index contributed by atoms with van der Waals surface area (Å²) in [6.07, 6.45) is 1.12. The normalized spacial score (nSPS) is 13.5. The number of nitrogens with zero attached hydrogens (tertiary/aromatic N) is 1. The number of hydrogen-bond acceptors (Lipinski definition) is 4. The van der Waals surface area contributed by atoms with E-state index in [1.54, 1.807) is 25.7 Å². The lowest BCUT2D eigenvalue weighted by atomic mass is 9.93. The predicted octanol–water partition coefficient (Wildman–Crippen LogP) is 8.08. The van der Waals surface area contributed by atoms with Crippen molar-refractivity contribution in [1.29, 1.82) is 0 Å². The number of carbonyl (C=O) groups is 3. The fourth-order valence-corrected chi connectivity index (χ4v) is 5.51. The molecule has 0 aliphatic rings. The van der Waals surface area contributed by atoms with Crippen molar-refractivity contribution in [2.75, 3.05) is 5.32 Å². The molecule has 2 N–H and O–H groups in total. The van der Waals surface area contributed by atoms with E-state index in [1.165, 1.54) is 0 Å². The molecule has 3 aromatic carbocycles. The van der Waals surface area contributed by atoms with Gasteiger partial charge in [0.25, 0.3) is 5.91 Å². The molecule has 0 saturated heterocycles. The number of nitrogens with one attached hydrogen (secondary N) is 2. The first-order chi connectivity index (χ1) is 21.2. The molecule has 7 nitrogen and oxygen atoms in total. The summed E-state index contributed by atoms with van der Waals surface area (Å²) in [5.74, 6) is -0.238. The van der Waals surface area contributed by atoms with Gasteiger partial charge in [-0.25, -0.2) is 4.79 Å². The van der Waals surface area contributed by atoms with E-state index in [4.69, 9.17) is 4.74 Å². The van der Waals surface area contributed by atoms with Crippen molar-refractivity contribution in [3.05, 3.63) is 101 Å². The number of benzene rings is 3. The predicted molar refractivity (Wildman–Crippen MR) is 182 cm³/mol. The SMILES string of the molecule is Cc1ccccc1C(C(=O)Nc1c(C)cccc1C)N(C(=O)C(Cc1ccccc1)NC(=O)OC(C)(C)C)C(C)CCC(C)C. The van der Waals surface area contributed by atoms with Crippen molar-refractivity contribution in [3.63, 3.8) is 0 Å². The van der Waals surface area contributed by atoms with Crippen LogP contribution in [0.2, 0.25) is 0 Å². The van der Waals surface area contributed by atoms with Crippen molar-refractivity contribution in [1.82, 2.24) is 10.2 Å². The third-order valence-electron chi connectivity index (χ3n) is 7.90. The Labute approximate surface area is 269 Å². The molecule has 0 saturated carbocycles. The first kappa shape index (κ1) is 35.4. The van der Waals surface area contributed by atoms with Gasteiger partial charge < -0.3 is 20.3 Å². The standard InChI is InChI=1S/C38H51N3O4/c1-25(2)22-23-29(6)41(36(43)32(24-30-19-11-10-12-20-30)39-37(44)45-38(7,8)9)34(31-21-14-13-16-26(31)3)35(42)40-33-27(4)17-15-18-28(33)5/h10-21,25,29,32,34H,22-24H2,1-9H3,(H,39,44)(H,40,42). The smallest absolute Gasteiger partial charge is 0.408 e. The molecule has 3 rings (SSSR count). The Bertz CT molecular complexity index is 1420. The summed E-state index contributed by atoms with van der Waals surface area (Å²) < 4.78 is 5.59. The first-order valence-corrected chi connectivity index (χ1v) is 16.0. The fourth-order valence-electron chi connectivity index (χ4n) is 5.51. The summed E-state index contributed by atoms with van der Waals surface area (Å²) in [6, 6.07) is 20.9. The maximum absolute atomic E-state index is 14.9. The summed E-state index contributed by atoms with van der Waals surface area (Å²) >= 11 is 0. The van der Waals surface area contributed by atoms with Crippen LogP contribution in [0.1, 0.15) is 88.2 Å². The van der Waals surface area contributed by atoms with E-state index in [9.17, 15) is 14.4 Å². The highest BCUT2D eigenvalue weighted by Crippen LogP contribution is 2.32. The van der Waals surface area contributed by atoms with E-state index in [1.807, 2.05) is 100 Å². The van der Waals surface area contributed by atoms with Crippen LogP contribution in [0.3, 0.4) is 0 Å². The third kappa shape index (κ3) is 10.2. The lowest BCUT2D eigenvalue weighted by Gasteiger charge is -2.39. The molecule has 0 aliphatic carbocycles. The van der Waals surface area contributed by atoms with Crippen LogP contribution < -0.4 is 10.6 Å². The minimum Gasteiger partial charge on any atom is -0.444 e. The highest BCUT2D eigenvalue weighted by atomic mass is 16.6. The maximum atomic E-state index is 14.9. The van der Waals surface area contributed by atoms with Crippen LogP contribution in [0.15, 0.2) is 72.8 Å². The van der Waals surface area contributed by atoms with E-state index < -0.39 is 23.8 Å². The first-order valence-electron chi connectivity index (χ1n) is 16.0. The van der Waals surface area contributed by atoms with Gasteiger partial charge in [-0.05, 0) is 95.0 Å². The number of anilines is 1. The summed E-state index contributed by atoms with van der Waals surface area (Å²) in [5.41, 5.74) is 4.38. The minimum atomic E-state index is -0.969. The monoisotopic (exact) mass is 613 g/mol. The highest BCUT2D eigenvalue weighted by Gasteiger charge is 2.39. The van der Waals surface area contributed by atoms with Crippen molar-refractivity contribution in [2.45, 2.75) is 105 Å². The largest absolute Gasteiger partial charge is 0.444 e. The van der Waals surface area contributed by atoms with Gasteiger partial charge in [0.2, 0.25) is 5.91 Å². The van der Waals surface area contributed by atoms with Crippen LogP contribution in [0, 0.1) is 26.7 Å². The van der Waals surface area contributed by atoms with E-state index in [0.717, 1.165) is 39.9 Å². The third-order valence-corrected chi connectivity index (χ3v) is 7.90. The Morgan fingerprint density at radius 1 is 0.778 bits per heavy atom. The lowest BCUT2D eigenvalue weighted by molar-refractivity contribution is -0.143. The number of rotatable bonds is 12. The molecule has 0 bridgehead atoms. The molecule has 0 fully saturated rings. The summed E-state index contributed by atoms with van der Waals surface area (Å²) in [5, 5.41) is 6.04. The Kier molecular flexibility index (Phi) is 12.4. The molecule has 45 heavy (non-hydrogen) atoms. The summed E-state index contributed by atoms with van der Waals surface area (Å²) in [7, 11) is 0. The van der Waals surface area contributed by atoms with Crippen molar-refractivity contribution in [3.8, 4) is 0 Å². The molecule has 0 spiro atoms. The Balaban J connectivity index is 2.17. The molecular formula is C38H51N3O4. The van der Waals surface area contributed by atoms with Crippen LogP contribution >= 0.6 is 0 Å². The van der Waals surface area contributed by atoms with E-state index >= 15 is 0 Å². The average molecular weight is 614 g/mol. The zero-order chi connectivity index (χ0) is 33.3. The zero-order valence-corrected chi connectivity index (χ0v) is 28.4. The number of ether oxygens (including phenoxy) is 1. The number of para-hydroxylation sites is 1. The quantitative estimate of drug-likeness (QED) is 0.216. The second-order valence-electron chi connectivity index (χ2n) is 13.5. The van der Waals surface area contributed by atoms with Crippen LogP contribution in [0.5, 0.6) is 0 Å². The number of aryl methyl sites for hydroxylation is 3. The van der Waals surface area contributed by atoms with E-state index in [2.05, 4.69) is 24.5 Å². The number of carbonyl (C=O) groups excluding carboxylic acids is 3. The molecule has 3 aromatic rings. The molecule has 0 aromatic heterocycles. The topological polar surface area (TPSA) is 87.7 Å². The van der Waals surface area contributed by atoms with Gasteiger partial charge in [0.05, 0.1) is 0 Å². The van der Waals surface area contributed by atoms with Gasteiger partial charge in [-0.15, -0.1) is 0 Å². The van der Waals surface area contributed by atoms with Gasteiger partial charge in [-0.2, -0.15) is 0 Å². The Morgan fingerprint density at radius 3 is 1.93 bits per heavy atom. The van der Waals surface area contributed by atoms with Gasteiger partial charge in [0.1, 0.15) is 17.7 Å². The summed E-state index contributed by atoms with van der Waals surface area (Å²) in [6.45, 7) is 17.5. The van der Waals surface area contributed by atoms with E-state index in [-0.39, 0.29) is 24.3 Å². The van der Waals surface area contributed by atoms with Gasteiger partial charge in [0, 0.05) is 18.2 Å². The molecule has 0 aliphatic heterocycles. The molecule has 3 amide bonds. The number of alkyl carbamates (subject to hydrolysis) is 1. The second kappa shape index (κ2) is 15.7. The van der Waals surface area contributed by atoms with E-state index in [0.29, 0.717) is 12.3 Å². The van der Waals surface area contributed by atoms with Crippen LogP contribution in [-0.2, 0) is 20.7 Å². The van der Waals surface area contributed by atoms with Crippen LogP contribution in [-0.4, -0.2) is 40.5 Å². The second-order valence-corrected chi connectivity index (χ2v) is 13.5. The minimum absolute atomic E-state index is 0.241. The zero-order valence-electron chi connectivity index (χ0n) is 28.4. The van der Waals surface area contributed by atoms with Crippen LogP contribution in [0.4, 0.5) is 10.5 Å². The summed E-state index contributed by atoms with van der Waals surface area (Å²) in [4.78, 5) is 44.3. The van der Waals surface area contributed by atoms with Gasteiger partial charge >= 0.3 is 6.09 Å². The van der Waals surface area contributed by atoms with Crippen molar-refractivity contribution < 1.29 is 19.1 Å². The fraction of sp³-hybridized carbons (Fsp3) is 0.447. The number of hydrogen-bond donors (Lipinski definition) is 2. The van der Waals surface area contributed by atoms with Crippen LogP contribution in [0.25, 0.3) is 0 Å². The molecular weight excluding hydrogens is 562 g/mol. The molecule has 0 radical (unpaired) electrons. The maximum Gasteiger partial charge on any atom is 0.408 e. The lowest BCUT2D eigenvalue weighted by Crippen LogP contribution is -2.55. The van der Waals surface area contributed by atoms with Gasteiger partial charge in [-0.1, -0.05) is 86.6 Å². The van der Waals surface area contributed by atoms with Crippen molar-refractivity contribution in [2.24, 2.45) is 5.92 Å². The molecule has 242 valence electrons. The molecule has 7 heteroatoms. The molecule has 3 atom stereocenters. The number of amides is 3.